The third kappa shape index (κ3) is 3.69. The molecule has 0 aromatic heterocycles. The van der Waals surface area contributed by atoms with Gasteiger partial charge in [0.15, 0.2) is 0 Å². The quantitative estimate of drug-likeness (QED) is 0.665. The van der Waals surface area contributed by atoms with Crippen LogP contribution in [0.25, 0.3) is 0 Å². The van der Waals surface area contributed by atoms with Crippen molar-refractivity contribution in [2.24, 2.45) is 0 Å². The average Bonchev–Trinajstić information content (AvgIpc) is 2.35. The van der Waals surface area contributed by atoms with Gasteiger partial charge in [-0.1, -0.05) is 15.9 Å². The van der Waals surface area contributed by atoms with E-state index >= 15 is 0 Å². The fourth-order valence-electron chi connectivity index (χ4n) is 1.48. The van der Waals surface area contributed by atoms with Crippen molar-refractivity contribution >= 4 is 33.2 Å². The van der Waals surface area contributed by atoms with Gasteiger partial charge < -0.3 is 10.2 Å². The van der Waals surface area contributed by atoms with Gasteiger partial charge in [0, 0.05) is 37.6 Å². The number of rotatable bonds is 5. The Morgan fingerprint density at radius 3 is 2.78 bits per heavy atom. The Labute approximate surface area is 113 Å². The molecule has 6 nitrogen and oxygen atoms in total. The van der Waals surface area contributed by atoms with Gasteiger partial charge in [0.1, 0.15) is 5.69 Å². The second-order valence-electron chi connectivity index (χ2n) is 3.73. The molecule has 0 aliphatic rings. The summed E-state index contributed by atoms with van der Waals surface area (Å²) in [4.78, 5) is 23.4. The lowest BCUT2D eigenvalue weighted by Gasteiger charge is -2.18. The highest BCUT2D eigenvalue weighted by molar-refractivity contribution is 9.10. The van der Waals surface area contributed by atoms with Gasteiger partial charge in [-0.3, -0.25) is 14.9 Å². The number of carbonyl (C=O) groups is 1. The van der Waals surface area contributed by atoms with Gasteiger partial charge in [-0.05, 0) is 12.1 Å². The predicted octanol–water partition coefficient (Wildman–Crippen LogP) is 1.93. The van der Waals surface area contributed by atoms with Crippen molar-refractivity contribution in [3.8, 4) is 0 Å². The molecular formula is C11H14BrN3O3. The minimum atomic E-state index is -0.434. The summed E-state index contributed by atoms with van der Waals surface area (Å²) in [6, 6.07) is 4.84. The van der Waals surface area contributed by atoms with E-state index in [1.165, 1.54) is 6.07 Å². The third-order valence-corrected chi connectivity index (χ3v) is 2.99. The number of halogens is 1. The second kappa shape index (κ2) is 6.34. The van der Waals surface area contributed by atoms with Crippen molar-refractivity contribution in [2.45, 2.75) is 6.42 Å². The maximum Gasteiger partial charge on any atom is 0.293 e. The number of hydrogen-bond acceptors (Lipinski definition) is 4. The van der Waals surface area contributed by atoms with Crippen LogP contribution in [0.2, 0.25) is 0 Å². The van der Waals surface area contributed by atoms with Crippen LogP contribution in [0, 0.1) is 10.1 Å². The summed E-state index contributed by atoms with van der Waals surface area (Å²) >= 11 is 3.20. The fraction of sp³-hybridized carbons (Fsp3) is 0.364. The number of nitrogens with one attached hydrogen (secondary N) is 1. The van der Waals surface area contributed by atoms with E-state index in [0.29, 0.717) is 23.1 Å². The number of anilines is 1. The van der Waals surface area contributed by atoms with Crippen molar-refractivity contribution in [1.29, 1.82) is 0 Å². The zero-order valence-electron chi connectivity index (χ0n) is 10.1. The first-order valence-electron chi connectivity index (χ1n) is 5.31. The Hall–Kier alpha value is -1.63. The van der Waals surface area contributed by atoms with Crippen molar-refractivity contribution in [2.75, 3.05) is 25.5 Å². The Morgan fingerprint density at radius 2 is 2.22 bits per heavy atom. The summed E-state index contributed by atoms with van der Waals surface area (Å²) in [7, 11) is 3.28. The van der Waals surface area contributed by atoms with Crippen LogP contribution in [0.1, 0.15) is 6.42 Å². The molecule has 0 atom stereocenters. The summed E-state index contributed by atoms with van der Waals surface area (Å²) in [6.07, 6.45) is 0.292. The molecule has 0 radical (unpaired) electrons. The fourth-order valence-corrected chi connectivity index (χ4v) is 1.83. The molecule has 0 heterocycles. The predicted molar refractivity (Wildman–Crippen MR) is 72.8 cm³/mol. The van der Waals surface area contributed by atoms with E-state index in [0.717, 1.165) is 0 Å². The number of carbonyl (C=O) groups excluding carboxylic acids is 1. The van der Waals surface area contributed by atoms with Gasteiger partial charge in [0.25, 0.3) is 5.69 Å². The van der Waals surface area contributed by atoms with Crippen LogP contribution in [-0.2, 0) is 4.79 Å². The monoisotopic (exact) mass is 315 g/mol. The SMILES string of the molecule is CNC(=O)CCN(C)c1ccc(Br)cc1[N+](=O)[O-]. The number of hydrogen-bond donors (Lipinski definition) is 1. The van der Waals surface area contributed by atoms with Crippen molar-refractivity contribution < 1.29 is 9.72 Å². The summed E-state index contributed by atoms with van der Waals surface area (Å²) in [5, 5.41) is 13.5. The molecule has 0 fully saturated rings. The van der Waals surface area contributed by atoms with Crippen LogP contribution in [-0.4, -0.2) is 31.5 Å². The molecule has 0 aliphatic carbocycles. The van der Waals surface area contributed by atoms with Gasteiger partial charge in [-0.25, -0.2) is 0 Å². The van der Waals surface area contributed by atoms with E-state index in [-0.39, 0.29) is 11.6 Å². The maximum absolute atomic E-state index is 11.1. The number of amides is 1. The first-order valence-corrected chi connectivity index (χ1v) is 6.10. The molecule has 0 bridgehead atoms. The Balaban J connectivity index is 2.88. The molecule has 1 N–H and O–H groups in total. The van der Waals surface area contributed by atoms with Crippen molar-refractivity contribution in [1.82, 2.24) is 5.32 Å². The number of nitrogens with zero attached hydrogens (tertiary/aromatic N) is 2. The highest BCUT2D eigenvalue weighted by Gasteiger charge is 2.17. The molecule has 0 saturated carbocycles. The first-order chi connectivity index (χ1) is 8.45. The van der Waals surface area contributed by atoms with E-state index in [4.69, 9.17) is 0 Å². The van der Waals surface area contributed by atoms with Gasteiger partial charge in [-0.15, -0.1) is 0 Å². The van der Waals surface area contributed by atoms with Gasteiger partial charge in [0.05, 0.1) is 4.92 Å². The minimum absolute atomic E-state index is 0.0174. The third-order valence-electron chi connectivity index (χ3n) is 2.50. The smallest absolute Gasteiger partial charge is 0.293 e. The topological polar surface area (TPSA) is 75.5 Å². The molecule has 0 unspecified atom stereocenters. The zero-order valence-corrected chi connectivity index (χ0v) is 11.7. The molecule has 1 aromatic carbocycles. The van der Waals surface area contributed by atoms with E-state index in [2.05, 4.69) is 21.2 Å². The lowest BCUT2D eigenvalue weighted by atomic mass is 10.2. The highest BCUT2D eigenvalue weighted by atomic mass is 79.9. The molecule has 0 aliphatic heterocycles. The Kier molecular flexibility index (Phi) is 5.08. The van der Waals surface area contributed by atoms with E-state index in [1.807, 2.05) is 0 Å². The minimum Gasteiger partial charge on any atom is -0.369 e. The van der Waals surface area contributed by atoms with Crippen molar-refractivity contribution in [3.63, 3.8) is 0 Å². The first kappa shape index (κ1) is 14.4. The second-order valence-corrected chi connectivity index (χ2v) is 4.65. The van der Waals surface area contributed by atoms with Crippen LogP contribution in [0.4, 0.5) is 11.4 Å². The Bertz CT molecular complexity index is 465. The maximum atomic E-state index is 11.1. The van der Waals surface area contributed by atoms with Gasteiger partial charge in [0.2, 0.25) is 5.91 Å². The Morgan fingerprint density at radius 1 is 1.56 bits per heavy atom. The number of nitro groups is 1. The van der Waals surface area contributed by atoms with Crippen LogP contribution >= 0.6 is 15.9 Å². The van der Waals surface area contributed by atoms with Gasteiger partial charge in [-0.2, -0.15) is 0 Å². The molecule has 1 amide bonds. The van der Waals surface area contributed by atoms with Crippen LogP contribution in [0.5, 0.6) is 0 Å². The molecule has 7 heteroatoms. The average molecular weight is 316 g/mol. The van der Waals surface area contributed by atoms with Gasteiger partial charge >= 0.3 is 0 Å². The lowest BCUT2D eigenvalue weighted by Crippen LogP contribution is -2.26. The number of benzene rings is 1. The lowest BCUT2D eigenvalue weighted by molar-refractivity contribution is -0.384. The van der Waals surface area contributed by atoms with Crippen molar-refractivity contribution in [3.05, 3.63) is 32.8 Å². The summed E-state index contributed by atoms with van der Waals surface area (Å²) in [6.45, 7) is 0.419. The summed E-state index contributed by atoms with van der Waals surface area (Å²) < 4.78 is 0.651. The van der Waals surface area contributed by atoms with Crippen LogP contribution in [0.15, 0.2) is 22.7 Å². The summed E-state index contributed by atoms with van der Waals surface area (Å²) in [5.74, 6) is -0.0957. The van der Waals surface area contributed by atoms with Crippen LogP contribution in [0.3, 0.4) is 0 Å². The van der Waals surface area contributed by atoms with E-state index in [9.17, 15) is 14.9 Å². The normalized spacial score (nSPS) is 9.94. The molecule has 18 heavy (non-hydrogen) atoms. The molecule has 1 aromatic rings. The number of nitro benzene ring substituents is 1. The zero-order chi connectivity index (χ0) is 13.7. The molecule has 0 saturated heterocycles. The largest absolute Gasteiger partial charge is 0.369 e. The standard InChI is InChI=1S/C11H14BrN3O3/c1-13-11(16)5-6-14(2)9-4-3-8(12)7-10(9)15(17)18/h3-4,7H,5-6H2,1-2H3,(H,13,16). The van der Waals surface area contributed by atoms with Crippen LogP contribution < -0.4 is 10.2 Å². The highest BCUT2D eigenvalue weighted by Crippen LogP contribution is 2.30. The molecule has 98 valence electrons. The molecule has 0 spiro atoms. The molecule has 1 rings (SSSR count). The summed E-state index contributed by atoms with van der Waals surface area (Å²) in [5.41, 5.74) is 0.510. The molecular weight excluding hydrogens is 302 g/mol. The van der Waals surface area contributed by atoms with E-state index < -0.39 is 4.92 Å². The van der Waals surface area contributed by atoms with E-state index in [1.54, 1.807) is 31.1 Å².